The second-order valence-corrected chi connectivity index (χ2v) is 2.92. The van der Waals surface area contributed by atoms with Gasteiger partial charge in [0.1, 0.15) is 6.61 Å². The third-order valence-electron chi connectivity index (χ3n) is 1.72. The second-order valence-electron chi connectivity index (χ2n) is 2.92. The molecule has 0 saturated heterocycles. The van der Waals surface area contributed by atoms with E-state index in [1.807, 2.05) is 0 Å². The highest BCUT2D eigenvalue weighted by atomic mass is 16.5. The van der Waals surface area contributed by atoms with Crippen molar-refractivity contribution in [2.24, 2.45) is 0 Å². The molecule has 0 N–H and O–H groups in total. The average Bonchev–Trinajstić information content (AvgIpc) is 2.15. The molecule has 4 nitrogen and oxygen atoms in total. The molecular formula is C10H11NO3. The smallest absolute Gasteiger partial charge is 0.302 e. The molecule has 0 aromatic carbocycles. The van der Waals surface area contributed by atoms with Crippen molar-refractivity contribution in [3.05, 3.63) is 29.1 Å². The van der Waals surface area contributed by atoms with Gasteiger partial charge in [-0.05, 0) is 13.0 Å². The maximum Gasteiger partial charge on any atom is 0.302 e. The van der Waals surface area contributed by atoms with Gasteiger partial charge in [-0.25, -0.2) is 0 Å². The summed E-state index contributed by atoms with van der Waals surface area (Å²) in [6.07, 6.45) is 2.27. The van der Waals surface area contributed by atoms with E-state index in [-0.39, 0.29) is 12.6 Å². The molecule has 0 bridgehead atoms. The first kappa shape index (κ1) is 10.4. The molecule has 0 unspecified atom stereocenters. The lowest BCUT2D eigenvalue weighted by Crippen LogP contribution is -2.02. The average molecular weight is 193 g/mol. The summed E-state index contributed by atoms with van der Waals surface area (Å²) in [5.74, 6) is -0.373. The number of aldehydes is 1. The van der Waals surface area contributed by atoms with Gasteiger partial charge in [-0.2, -0.15) is 0 Å². The van der Waals surface area contributed by atoms with Crippen molar-refractivity contribution in [2.45, 2.75) is 20.5 Å². The molecular weight excluding hydrogens is 182 g/mol. The first-order chi connectivity index (χ1) is 6.63. The topological polar surface area (TPSA) is 56.3 Å². The van der Waals surface area contributed by atoms with E-state index in [1.54, 1.807) is 19.2 Å². The first-order valence-electron chi connectivity index (χ1n) is 4.17. The van der Waals surface area contributed by atoms with Gasteiger partial charge in [0.25, 0.3) is 0 Å². The van der Waals surface area contributed by atoms with E-state index in [2.05, 4.69) is 4.98 Å². The molecule has 0 atom stereocenters. The van der Waals surface area contributed by atoms with E-state index in [0.29, 0.717) is 11.1 Å². The zero-order valence-corrected chi connectivity index (χ0v) is 8.11. The number of carbonyl (C=O) groups is 2. The van der Waals surface area contributed by atoms with Crippen molar-refractivity contribution in [3.8, 4) is 0 Å². The zero-order valence-electron chi connectivity index (χ0n) is 8.11. The highest BCUT2D eigenvalue weighted by Gasteiger charge is 2.04. The Morgan fingerprint density at radius 1 is 1.64 bits per heavy atom. The molecule has 0 aliphatic carbocycles. The number of hydrogen-bond acceptors (Lipinski definition) is 4. The number of rotatable bonds is 3. The summed E-state index contributed by atoms with van der Waals surface area (Å²) in [6.45, 7) is 3.21. The van der Waals surface area contributed by atoms with Gasteiger partial charge in [-0.3, -0.25) is 14.6 Å². The van der Waals surface area contributed by atoms with Gasteiger partial charge in [-0.1, -0.05) is 0 Å². The fourth-order valence-corrected chi connectivity index (χ4v) is 1.02. The van der Waals surface area contributed by atoms with Crippen LogP contribution in [0.15, 0.2) is 12.3 Å². The van der Waals surface area contributed by atoms with Crippen LogP contribution in [0.25, 0.3) is 0 Å². The lowest BCUT2D eigenvalue weighted by molar-refractivity contribution is -0.142. The summed E-state index contributed by atoms with van der Waals surface area (Å²) in [6, 6.07) is 1.66. The molecule has 0 aliphatic rings. The lowest BCUT2D eigenvalue weighted by atomic mass is 10.1. The summed E-state index contributed by atoms with van der Waals surface area (Å²) >= 11 is 0. The molecule has 1 aromatic rings. The van der Waals surface area contributed by atoms with E-state index in [4.69, 9.17) is 4.74 Å². The molecule has 0 spiro atoms. The number of carbonyl (C=O) groups excluding carboxylic acids is 2. The third kappa shape index (κ3) is 2.65. The molecule has 74 valence electrons. The number of esters is 1. The molecule has 1 rings (SSSR count). The van der Waals surface area contributed by atoms with Crippen molar-refractivity contribution in [1.29, 1.82) is 0 Å². The molecule has 0 saturated carbocycles. The lowest BCUT2D eigenvalue weighted by Gasteiger charge is -2.04. The van der Waals surface area contributed by atoms with Gasteiger partial charge >= 0.3 is 5.97 Å². The van der Waals surface area contributed by atoms with Crippen molar-refractivity contribution in [1.82, 2.24) is 4.98 Å². The summed E-state index contributed by atoms with van der Waals surface area (Å²) in [7, 11) is 0. The Balaban J connectivity index is 2.85. The Labute approximate surface area is 81.9 Å². The van der Waals surface area contributed by atoms with Crippen LogP contribution in [0.4, 0.5) is 0 Å². The number of hydrogen-bond donors (Lipinski definition) is 0. The second kappa shape index (κ2) is 4.50. The summed E-state index contributed by atoms with van der Waals surface area (Å²) in [4.78, 5) is 25.2. The monoisotopic (exact) mass is 193 g/mol. The Kier molecular flexibility index (Phi) is 3.34. The van der Waals surface area contributed by atoms with Crippen molar-refractivity contribution >= 4 is 12.3 Å². The van der Waals surface area contributed by atoms with E-state index in [9.17, 15) is 9.59 Å². The maximum atomic E-state index is 10.7. The first-order valence-corrected chi connectivity index (χ1v) is 4.17. The summed E-state index contributed by atoms with van der Waals surface area (Å²) in [5, 5.41) is 0. The number of pyridine rings is 1. The van der Waals surface area contributed by atoms with Gasteiger partial charge in [0.15, 0.2) is 6.29 Å². The van der Waals surface area contributed by atoms with Crippen molar-refractivity contribution in [2.75, 3.05) is 0 Å². The SMILES string of the molecule is CC(=O)OCc1cnc(C)cc1C=O. The van der Waals surface area contributed by atoms with Gasteiger partial charge in [-0.15, -0.1) is 0 Å². The Bertz CT molecular complexity index is 360. The van der Waals surface area contributed by atoms with Crippen LogP contribution in [0.3, 0.4) is 0 Å². The highest BCUT2D eigenvalue weighted by Crippen LogP contribution is 2.08. The van der Waals surface area contributed by atoms with Crippen LogP contribution in [0.5, 0.6) is 0 Å². The minimum Gasteiger partial charge on any atom is -0.461 e. The van der Waals surface area contributed by atoms with Gasteiger partial charge in [0, 0.05) is 29.9 Å². The summed E-state index contributed by atoms with van der Waals surface area (Å²) < 4.78 is 4.77. The minimum atomic E-state index is -0.373. The quantitative estimate of drug-likeness (QED) is 0.535. The fraction of sp³-hybridized carbons (Fsp3) is 0.300. The largest absolute Gasteiger partial charge is 0.461 e. The van der Waals surface area contributed by atoms with Gasteiger partial charge < -0.3 is 4.74 Å². The number of aromatic nitrogens is 1. The van der Waals surface area contributed by atoms with Gasteiger partial charge in [0.05, 0.1) is 0 Å². The molecule has 0 radical (unpaired) electrons. The molecule has 14 heavy (non-hydrogen) atoms. The van der Waals surface area contributed by atoms with Crippen molar-refractivity contribution in [3.63, 3.8) is 0 Å². The van der Waals surface area contributed by atoms with Gasteiger partial charge in [0.2, 0.25) is 0 Å². The molecule has 0 amide bonds. The van der Waals surface area contributed by atoms with E-state index >= 15 is 0 Å². The molecule has 0 fully saturated rings. The van der Waals surface area contributed by atoms with E-state index in [0.717, 1.165) is 12.0 Å². The Hall–Kier alpha value is -1.71. The van der Waals surface area contributed by atoms with Crippen LogP contribution >= 0.6 is 0 Å². The van der Waals surface area contributed by atoms with E-state index in [1.165, 1.54) is 6.92 Å². The number of nitrogens with zero attached hydrogens (tertiary/aromatic N) is 1. The number of aryl methyl sites for hydroxylation is 1. The highest BCUT2D eigenvalue weighted by molar-refractivity contribution is 5.77. The zero-order chi connectivity index (χ0) is 10.6. The van der Waals surface area contributed by atoms with Crippen LogP contribution < -0.4 is 0 Å². The maximum absolute atomic E-state index is 10.7. The Morgan fingerprint density at radius 3 is 2.93 bits per heavy atom. The van der Waals surface area contributed by atoms with Crippen LogP contribution in [-0.2, 0) is 16.1 Å². The number of ether oxygens (including phenoxy) is 1. The minimum absolute atomic E-state index is 0.0939. The molecule has 1 aromatic heterocycles. The molecule has 1 heterocycles. The summed E-state index contributed by atoms with van der Waals surface area (Å²) in [5.41, 5.74) is 1.90. The standard InChI is InChI=1S/C10H11NO3/c1-7-3-9(5-12)10(4-11-7)6-14-8(2)13/h3-5H,6H2,1-2H3. The van der Waals surface area contributed by atoms with Crippen LogP contribution in [0, 0.1) is 6.92 Å². The van der Waals surface area contributed by atoms with Crippen LogP contribution in [0.2, 0.25) is 0 Å². The fourth-order valence-electron chi connectivity index (χ4n) is 1.02. The van der Waals surface area contributed by atoms with Crippen molar-refractivity contribution < 1.29 is 14.3 Å². The predicted molar refractivity (Wildman–Crippen MR) is 49.8 cm³/mol. The molecule has 4 heteroatoms. The Morgan fingerprint density at radius 2 is 2.36 bits per heavy atom. The third-order valence-corrected chi connectivity index (χ3v) is 1.72. The van der Waals surface area contributed by atoms with E-state index < -0.39 is 0 Å². The normalized spacial score (nSPS) is 9.57. The predicted octanol–water partition coefficient (Wildman–Crippen LogP) is 1.27. The van der Waals surface area contributed by atoms with Crippen LogP contribution in [0.1, 0.15) is 28.5 Å². The molecule has 0 aliphatic heterocycles. The van der Waals surface area contributed by atoms with Crippen LogP contribution in [-0.4, -0.2) is 17.2 Å².